The molecule has 0 N–H and O–H groups in total. The molecule has 37 heavy (non-hydrogen) atoms. The van der Waals surface area contributed by atoms with E-state index in [0.717, 1.165) is 22.4 Å². The summed E-state index contributed by atoms with van der Waals surface area (Å²) < 4.78 is 18.9. The first-order chi connectivity index (χ1) is 17.8. The largest absolute Gasteiger partial charge is 0.356 e. The molecule has 0 radical (unpaired) electrons. The van der Waals surface area contributed by atoms with Crippen molar-refractivity contribution in [1.29, 1.82) is 0 Å². The minimum atomic E-state index is -0.443. The van der Waals surface area contributed by atoms with E-state index in [9.17, 15) is 18.8 Å². The Balaban J connectivity index is 1.28. The molecule has 8 heteroatoms. The smallest absolute Gasteiger partial charge is 0.266 e. The Labute approximate surface area is 212 Å². The number of carbonyl (C=O) groups is 3. The van der Waals surface area contributed by atoms with Gasteiger partial charge in [0.1, 0.15) is 5.82 Å². The van der Waals surface area contributed by atoms with Crippen LogP contribution in [0.2, 0.25) is 0 Å². The summed E-state index contributed by atoms with van der Waals surface area (Å²) in [5, 5.41) is 4.14. The quantitative estimate of drug-likeness (QED) is 0.370. The van der Waals surface area contributed by atoms with Crippen molar-refractivity contribution >= 4 is 23.4 Å². The molecule has 1 aromatic heterocycles. The maximum absolute atomic E-state index is 13.5. The summed E-state index contributed by atoms with van der Waals surface area (Å²) in [5.41, 5.74) is 5.33. The molecule has 3 amide bonds. The van der Waals surface area contributed by atoms with Crippen molar-refractivity contribution in [2.75, 3.05) is 11.4 Å². The Bertz CT molecular complexity index is 1610. The molecule has 0 saturated carbocycles. The van der Waals surface area contributed by atoms with Crippen LogP contribution in [0.1, 0.15) is 53.5 Å². The van der Waals surface area contributed by atoms with Gasteiger partial charge in [0.05, 0.1) is 29.1 Å². The second-order valence-electron chi connectivity index (χ2n) is 9.42. The maximum atomic E-state index is 13.5. The number of aromatic nitrogens is 1. The molecule has 6 rings (SSSR count). The molecule has 0 bridgehead atoms. The van der Waals surface area contributed by atoms with Gasteiger partial charge in [-0.05, 0) is 73.5 Å². The first-order valence-corrected chi connectivity index (χ1v) is 11.9. The Hall–Kier alpha value is -4.59. The molecular formula is C29H22FN3O4. The van der Waals surface area contributed by atoms with Gasteiger partial charge < -0.3 is 9.42 Å². The summed E-state index contributed by atoms with van der Waals surface area (Å²) in [6.45, 7) is 4.45. The van der Waals surface area contributed by atoms with E-state index in [4.69, 9.17) is 4.52 Å². The van der Waals surface area contributed by atoms with E-state index in [1.807, 2.05) is 32.0 Å². The summed E-state index contributed by atoms with van der Waals surface area (Å²) in [7, 11) is 0. The number of aryl methyl sites for hydroxylation is 2. The standard InChI is InChI=1S/C29H22FN3O4/c1-16-3-4-17(2)25(13-16)33-28(35)21-10-7-19(14-22(21)29(33)36)27(34)32-12-11-24-23(15-32)26(37-31-24)18-5-8-20(30)9-6-18/h3-10,13-14H,11-12,15H2,1-2H3. The van der Waals surface area contributed by atoms with Crippen LogP contribution >= 0.6 is 0 Å². The van der Waals surface area contributed by atoms with Crippen LogP contribution < -0.4 is 4.90 Å². The zero-order valence-corrected chi connectivity index (χ0v) is 20.2. The number of fused-ring (bicyclic) bond motifs is 2. The number of carbonyl (C=O) groups excluding carboxylic acids is 3. The van der Waals surface area contributed by atoms with Crippen LogP contribution in [0.25, 0.3) is 11.3 Å². The highest BCUT2D eigenvalue weighted by molar-refractivity contribution is 6.35. The molecular weight excluding hydrogens is 473 g/mol. The van der Waals surface area contributed by atoms with Gasteiger partial charge in [-0.3, -0.25) is 14.4 Å². The minimum absolute atomic E-state index is 0.214. The molecule has 0 unspecified atom stereocenters. The zero-order valence-electron chi connectivity index (χ0n) is 20.2. The highest BCUT2D eigenvalue weighted by Gasteiger charge is 2.38. The molecule has 2 aliphatic heterocycles. The first kappa shape index (κ1) is 22.8. The van der Waals surface area contributed by atoms with E-state index < -0.39 is 11.8 Å². The molecule has 184 valence electrons. The highest BCUT2D eigenvalue weighted by Crippen LogP contribution is 2.34. The van der Waals surface area contributed by atoms with Gasteiger partial charge in [-0.2, -0.15) is 0 Å². The van der Waals surface area contributed by atoms with Crippen molar-refractivity contribution in [3.05, 3.63) is 106 Å². The lowest BCUT2D eigenvalue weighted by molar-refractivity contribution is 0.0734. The van der Waals surface area contributed by atoms with E-state index in [0.29, 0.717) is 35.5 Å². The van der Waals surface area contributed by atoms with Gasteiger partial charge in [0, 0.05) is 29.7 Å². The fraction of sp³-hybridized carbons (Fsp3) is 0.172. The predicted octanol–water partition coefficient (Wildman–Crippen LogP) is 5.10. The monoisotopic (exact) mass is 495 g/mol. The van der Waals surface area contributed by atoms with E-state index in [-0.39, 0.29) is 29.4 Å². The number of imide groups is 1. The molecule has 3 heterocycles. The number of halogens is 1. The van der Waals surface area contributed by atoms with Crippen LogP contribution in [0.4, 0.5) is 10.1 Å². The third-order valence-electron chi connectivity index (χ3n) is 6.97. The van der Waals surface area contributed by atoms with Crippen LogP contribution in [-0.4, -0.2) is 34.3 Å². The molecule has 0 atom stereocenters. The van der Waals surface area contributed by atoms with Crippen LogP contribution in [-0.2, 0) is 13.0 Å². The van der Waals surface area contributed by atoms with E-state index in [1.165, 1.54) is 23.1 Å². The van der Waals surface area contributed by atoms with Gasteiger partial charge in [-0.1, -0.05) is 17.3 Å². The summed E-state index contributed by atoms with van der Waals surface area (Å²) >= 11 is 0. The van der Waals surface area contributed by atoms with Crippen LogP contribution in [0.5, 0.6) is 0 Å². The Morgan fingerprint density at radius 3 is 2.49 bits per heavy atom. The summed E-state index contributed by atoms with van der Waals surface area (Å²) in [6.07, 6.45) is 0.508. The van der Waals surface area contributed by atoms with Crippen LogP contribution in [0.15, 0.2) is 65.2 Å². The highest BCUT2D eigenvalue weighted by atomic mass is 19.1. The molecule has 0 fully saturated rings. The van der Waals surface area contributed by atoms with Crippen molar-refractivity contribution in [2.45, 2.75) is 26.8 Å². The van der Waals surface area contributed by atoms with E-state index in [2.05, 4.69) is 5.16 Å². The van der Waals surface area contributed by atoms with Gasteiger partial charge in [0.25, 0.3) is 17.7 Å². The first-order valence-electron chi connectivity index (χ1n) is 11.9. The fourth-order valence-corrected chi connectivity index (χ4v) is 4.95. The second-order valence-corrected chi connectivity index (χ2v) is 9.42. The van der Waals surface area contributed by atoms with Crippen molar-refractivity contribution in [3.63, 3.8) is 0 Å². The Kier molecular flexibility index (Phi) is 5.26. The second kappa shape index (κ2) is 8.51. The summed E-state index contributed by atoms with van der Waals surface area (Å²) in [4.78, 5) is 42.8. The summed E-state index contributed by atoms with van der Waals surface area (Å²) in [6, 6.07) is 16.2. The van der Waals surface area contributed by atoms with Gasteiger partial charge in [0.2, 0.25) is 0 Å². The SMILES string of the molecule is Cc1ccc(C)c(N2C(=O)c3ccc(C(=O)N4CCc5noc(-c6ccc(F)cc6)c5C4)cc3C2=O)c1. The Morgan fingerprint density at radius 1 is 0.946 bits per heavy atom. The van der Waals surface area contributed by atoms with Gasteiger partial charge in [-0.15, -0.1) is 0 Å². The number of hydrogen-bond acceptors (Lipinski definition) is 5. The zero-order chi connectivity index (χ0) is 25.8. The third kappa shape index (κ3) is 3.72. The molecule has 4 aromatic rings. The molecule has 2 aliphatic rings. The average molecular weight is 496 g/mol. The number of benzene rings is 3. The van der Waals surface area contributed by atoms with Crippen molar-refractivity contribution < 1.29 is 23.3 Å². The van der Waals surface area contributed by atoms with Gasteiger partial charge >= 0.3 is 0 Å². The van der Waals surface area contributed by atoms with Crippen LogP contribution in [0, 0.1) is 19.7 Å². The van der Waals surface area contributed by atoms with E-state index in [1.54, 1.807) is 29.2 Å². The number of hydrogen-bond donors (Lipinski definition) is 0. The molecule has 0 aliphatic carbocycles. The minimum Gasteiger partial charge on any atom is -0.356 e. The van der Waals surface area contributed by atoms with E-state index >= 15 is 0 Å². The molecule has 3 aromatic carbocycles. The lowest BCUT2D eigenvalue weighted by atomic mass is 10.00. The maximum Gasteiger partial charge on any atom is 0.266 e. The van der Waals surface area contributed by atoms with Crippen molar-refractivity contribution in [1.82, 2.24) is 10.1 Å². The molecule has 0 spiro atoms. The summed E-state index contributed by atoms with van der Waals surface area (Å²) in [5.74, 6) is -0.947. The third-order valence-corrected chi connectivity index (χ3v) is 6.97. The average Bonchev–Trinajstić information content (AvgIpc) is 3.43. The molecule has 7 nitrogen and oxygen atoms in total. The number of amides is 3. The number of nitrogens with zero attached hydrogens (tertiary/aromatic N) is 3. The lowest BCUT2D eigenvalue weighted by Crippen LogP contribution is -2.36. The number of anilines is 1. The van der Waals surface area contributed by atoms with Gasteiger partial charge in [0.15, 0.2) is 5.76 Å². The van der Waals surface area contributed by atoms with Gasteiger partial charge in [-0.25, -0.2) is 9.29 Å². The Morgan fingerprint density at radius 2 is 1.70 bits per heavy atom. The van der Waals surface area contributed by atoms with Crippen LogP contribution in [0.3, 0.4) is 0 Å². The number of rotatable bonds is 3. The lowest BCUT2D eigenvalue weighted by Gasteiger charge is -2.26. The topological polar surface area (TPSA) is 83.7 Å². The normalized spacial score (nSPS) is 14.7. The van der Waals surface area contributed by atoms with Crippen molar-refractivity contribution in [3.8, 4) is 11.3 Å². The fourth-order valence-electron chi connectivity index (χ4n) is 4.95. The molecule has 0 saturated heterocycles. The van der Waals surface area contributed by atoms with Crippen molar-refractivity contribution in [2.24, 2.45) is 0 Å². The predicted molar refractivity (Wildman–Crippen MR) is 134 cm³/mol.